The third-order valence-corrected chi connectivity index (χ3v) is 3.62. The number of aliphatic hydroxyl groups excluding tert-OH is 1. The van der Waals surface area contributed by atoms with Crippen LogP contribution in [0.25, 0.3) is 0 Å². The Labute approximate surface area is 138 Å². The molecule has 3 N–H and O–H groups in total. The Kier molecular flexibility index (Phi) is 8.27. The van der Waals surface area contributed by atoms with Gasteiger partial charge in [-0.3, -0.25) is 0 Å². The van der Waals surface area contributed by atoms with Gasteiger partial charge in [-0.2, -0.15) is 0 Å². The molecule has 0 aliphatic carbocycles. The number of nitrogens with one attached hydrogen (secondary N) is 2. The molecule has 2 rings (SSSR count). The van der Waals surface area contributed by atoms with Gasteiger partial charge in [0.1, 0.15) is 6.61 Å². The highest BCUT2D eigenvalue weighted by Crippen LogP contribution is 2.28. The molecule has 1 aliphatic rings. The predicted octanol–water partition coefficient (Wildman–Crippen LogP) is 1.35. The number of hydrogen-bond acceptors (Lipinski definition) is 5. The molecule has 0 radical (unpaired) electrons. The van der Waals surface area contributed by atoms with Crippen molar-refractivity contribution in [2.24, 2.45) is 5.92 Å². The number of ether oxygens (including phenoxy) is 2. The fourth-order valence-corrected chi connectivity index (χ4v) is 2.42. The minimum Gasteiger partial charge on any atom is -0.493 e. The molecule has 2 unspecified atom stereocenters. The molecule has 0 aromatic heterocycles. The summed E-state index contributed by atoms with van der Waals surface area (Å²) >= 11 is 0. The molecule has 1 aliphatic heterocycles. The van der Waals surface area contributed by atoms with Crippen LogP contribution < -0.4 is 20.1 Å². The predicted molar refractivity (Wildman–Crippen MR) is 90.0 cm³/mol. The second-order valence-electron chi connectivity index (χ2n) is 5.20. The molecule has 1 aromatic rings. The Hall–Kier alpha value is -1.27. The zero-order valence-electron chi connectivity index (χ0n) is 12.9. The van der Waals surface area contributed by atoms with Crippen molar-refractivity contribution >= 4 is 12.4 Å². The van der Waals surface area contributed by atoms with Crippen LogP contribution in [0, 0.1) is 5.92 Å². The molecule has 1 saturated heterocycles. The lowest BCUT2D eigenvalue weighted by molar-refractivity contribution is 0.146. The number of methoxy groups -OCH3 is 1. The van der Waals surface area contributed by atoms with Crippen LogP contribution in [0.1, 0.15) is 5.56 Å². The molecule has 124 valence electrons. The Balaban J connectivity index is 0.00000242. The lowest BCUT2D eigenvalue weighted by Crippen LogP contribution is -2.30. The van der Waals surface area contributed by atoms with Gasteiger partial charge in [-0.25, -0.2) is 0 Å². The number of halogens is 1. The molecule has 0 saturated carbocycles. The molecule has 5 nitrogen and oxygen atoms in total. The monoisotopic (exact) mass is 328 g/mol. The first-order valence-corrected chi connectivity index (χ1v) is 7.24. The molecule has 1 aromatic carbocycles. The molecule has 2 atom stereocenters. The molecule has 22 heavy (non-hydrogen) atoms. The average molecular weight is 329 g/mol. The van der Waals surface area contributed by atoms with Crippen molar-refractivity contribution < 1.29 is 14.6 Å². The quantitative estimate of drug-likeness (QED) is 0.629. The third-order valence-electron chi connectivity index (χ3n) is 3.62. The summed E-state index contributed by atoms with van der Waals surface area (Å²) in [7, 11) is 1.63. The Morgan fingerprint density at radius 2 is 2.23 bits per heavy atom. The summed E-state index contributed by atoms with van der Waals surface area (Å²) < 4.78 is 10.9. The van der Waals surface area contributed by atoms with Gasteiger partial charge in [-0.05, 0) is 17.7 Å². The maximum absolute atomic E-state index is 9.74. The van der Waals surface area contributed by atoms with Crippen molar-refractivity contribution in [3.8, 4) is 11.5 Å². The van der Waals surface area contributed by atoms with E-state index in [1.165, 1.54) is 0 Å². The van der Waals surface area contributed by atoms with Gasteiger partial charge in [-0.1, -0.05) is 18.7 Å². The molecule has 0 spiro atoms. The molecule has 0 bridgehead atoms. The molecular weight excluding hydrogens is 304 g/mol. The van der Waals surface area contributed by atoms with Crippen molar-refractivity contribution in [3.63, 3.8) is 0 Å². The van der Waals surface area contributed by atoms with Crippen LogP contribution in [0.3, 0.4) is 0 Å². The minimum atomic E-state index is -0.248. The maximum atomic E-state index is 9.74. The third kappa shape index (κ3) is 5.18. The molecule has 6 heteroatoms. The number of hydrogen-bond donors (Lipinski definition) is 3. The normalized spacial score (nSPS) is 20.3. The largest absolute Gasteiger partial charge is 0.493 e. The van der Waals surface area contributed by atoms with Crippen LogP contribution in [-0.2, 0) is 6.54 Å². The van der Waals surface area contributed by atoms with E-state index in [1.54, 1.807) is 13.2 Å². The van der Waals surface area contributed by atoms with Crippen molar-refractivity contribution in [2.75, 3.05) is 33.4 Å². The fraction of sp³-hybridized carbons (Fsp3) is 0.500. The van der Waals surface area contributed by atoms with Crippen LogP contribution in [0.4, 0.5) is 0 Å². The summed E-state index contributed by atoms with van der Waals surface area (Å²) in [5.41, 5.74) is 1.12. The lowest BCUT2D eigenvalue weighted by atomic mass is 10.1. The SMILES string of the molecule is C=CCOc1ccc(CNCC2CNCC2O)cc1OC.Cl. The van der Waals surface area contributed by atoms with Gasteiger partial charge in [0.25, 0.3) is 0 Å². The van der Waals surface area contributed by atoms with Gasteiger partial charge >= 0.3 is 0 Å². The van der Waals surface area contributed by atoms with Gasteiger partial charge in [-0.15, -0.1) is 12.4 Å². The highest BCUT2D eigenvalue weighted by Gasteiger charge is 2.24. The van der Waals surface area contributed by atoms with Gasteiger partial charge in [0.15, 0.2) is 11.5 Å². The first-order valence-electron chi connectivity index (χ1n) is 7.24. The van der Waals surface area contributed by atoms with Crippen LogP contribution in [0.15, 0.2) is 30.9 Å². The van der Waals surface area contributed by atoms with Crippen molar-refractivity contribution in [2.45, 2.75) is 12.6 Å². The number of rotatable bonds is 8. The lowest BCUT2D eigenvalue weighted by Gasteiger charge is -2.15. The molecular formula is C16H25ClN2O3. The Morgan fingerprint density at radius 1 is 1.41 bits per heavy atom. The zero-order chi connectivity index (χ0) is 15.1. The van der Waals surface area contributed by atoms with Gasteiger partial charge < -0.3 is 25.2 Å². The van der Waals surface area contributed by atoms with Crippen molar-refractivity contribution in [1.82, 2.24) is 10.6 Å². The standard InChI is InChI=1S/C16H24N2O3.ClH/c1-3-6-21-15-5-4-12(7-16(15)20-2)8-17-9-13-10-18-11-14(13)19;/h3-5,7,13-14,17-19H,1,6,8-11H2,2H3;1H. The van der Waals surface area contributed by atoms with Gasteiger partial charge in [0.05, 0.1) is 13.2 Å². The topological polar surface area (TPSA) is 62.8 Å². The highest BCUT2D eigenvalue weighted by molar-refractivity contribution is 5.85. The summed E-state index contributed by atoms with van der Waals surface area (Å²) in [5, 5.41) is 16.3. The summed E-state index contributed by atoms with van der Waals surface area (Å²) in [5.74, 6) is 1.72. The van der Waals surface area contributed by atoms with E-state index in [0.717, 1.165) is 36.7 Å². The van der Waals surface area contributed by atoms with E-state index >= 15 is 0 Å². The number of β-amino-alcohol motifs (C(OH)–C–C–N with tert-alkyl or cyclic N) is 1. The summed E-state index contributed by atoms with van der Waals surface area (Å²) in [6, 6.07) is 5.89. The Bertz CT molecular complexity index is 471. The molecule has 0 amide bonds. The summed E-state index contributed by atoms with van der Waals surface area (Å²) in [6.45, 7) is 7.18. The highest BCUT2D eigenvalue weighted by atomic mass is 35.5. The van der Waals surface area contributed by atoms with Crippen LogP contribution in [-0.4, -0.2) is 44.6 Å². The Morgan fingerprint density at radius 3 is 2.86 bits per heavy atom. The number of aliphatic hydroxyl groups is 1. The average Bonchev–Trinajstić information content (AvgIpc) is 2.91. The minimum absolute atomic E-state index is 0. The van der Waals surface area contributed by atoms with E-state index in [1.807, 2.05) is 18.2 Å². The van der Waals surface area contributed by atoms with Crippen molar-refractivity contribution in [3.05, 3.63) is 36.4 Å². The van der Waals surface area contributed by atoms with Crippen LogP contribution >= 0.6 is 12.4 Å². The second-order valence-corrected chi connectivity index (χ2v) is 5.20. The van der Waals surface area contributed by atoms with Crippen molar-refractivity contribution in [1.29, 1.82) is 0 Å². The zero-order valence-corrected chi connectivity index (χ0v) is 13.7. The fourth-order valence-electron chi connectivity index (χ4n) is 2.42. The summed E-state index contributed by atoms with van der Waals surface area (Å²) in [6.07, 6.45) is 1.46. The van der Waals surface area contributed by atoms with E-state index in [4.69, 9.17) is 9.47 Å². The van der Waals surface area contributed by atoms with E-state index in [2.05, 4.69) is 17.2 Å². The smallest absolute Gasteiger partial charge is 0.161 e. The van der Waals surface area contributed by atoms with E-state index < -0.39 is 0 Å². The van der Waals surface area contributed by atoms with Gasteiger partial charge in [0, 0.05) is 32.1 Å². The van der Waals surface area contributed by atoms with E-state index in [9.17, 15) is 5.11 Å². The summed E-state index contributed by atoms with van der Waals surface area (Å²) in [4.78, 5) is 0. The first-order chi connectivity index (χ1) is 10.2. The molecule has 1 heterocycles. The van der Waals surface area contributed by atoms with Crippen LogP contribution in [0.2, 0.25) is 0 Å². The van der Waals surface area contributed by atoms with Crippen LogP contribution in [0.5, 0.6) is 11.5 Å². The second kappa shape index (κ2) is 9.69. The molecule has 1 fully saturated rings. The van der Waals surface area contributed by atoms with E-state index in [0.29, 0.717) is 13.2 Å². The number of benzene rings is 1. The maximum Gasteiger partial charge on any atom is 0.161 e. The van der Waals surface area contributed by atoms with E-state index in [-0.39, 0.29) is 24.4 Å². The van der Waals surface area contributed by atoms with Gasteiger partial charge in [0.2, 0.25) is 0 Å². The first kappa shape index (κ1) is 18.8.